The van der Waals surface area contributed by atoms with Crippen LogP contribution in [0, 0.1) is 0 Å². The lowest BCUT2D eigenvalue weighted by Gasteiger charge is -2.11. The Bertz CT molecular complexity index is 765. The number of ether oxygens (including phenoxy) is 3. The first-order chi connectivity index (χ1) is 12.5. The van der Waals surface area contributed by atoms with Crippen molar-refractivity contribution in [1.29, 1.82) is 0 Å². The number of amides is 1. The molecule has 1 heterocycles. The fourth-order valence-corrected chi connectivity index (χ4v) is 3.96. The van der Waals surface area contributed by atoms with Gasteiger partial charge in [-0.15, -0.1) is 23.1 Å². The number of esters is 1. The minimum absolute atomic E-state index is 0.161. The van der Waals surface area contributed by atoms with Crippen LogP contribution in [0.4, 0.5) is 5.69 Å². The SMILES string of the molecule is COc1ccc(NC(=O)COC(=O)CSCc2ccc(Cl)s2)c(OC)c1. The standard InChI is InChI=1S/C17H18ClNO5S2/c1-22-11-3-5-13(14(7-11)23-2)19-16(20)8-24-17(21)10-25-9-12-4-6-15(18)26-12/h3-7H,8-10H2,1-2H3,(H,19,20). The molecule has 0 aliphatic rings. The first kappa shape index (κ1) is 20.4. The van der Waals surface area contributed by atoms with E-state index in [2.05, 4.69) is 5.32 Å². The Hall–Kier alpha value is -1.90. The van der Waals surface area contributed by atoms with Crippen LogP contribution in [0.2, 0.25) is 4.34 Å². The third kappa shape index (κ3) is 6.44. The molecule has 0 bridgehead atoms. The van der Waals surface area contributed by atoms with Crippen LogP contribution in [0.1, 0.15) is 4.88 Å². The van der Waals surface area contributed by atoms with E-state index in [0.29, 0.717) is 27.3 Å². The largest absolute Gasteiger partial charge is 0.497 e. The van der Waals surface area contributed by atoms with Crippen molar-refractivity contribution >= 4 is 52.3 Å². The van der Waals surface area contributed by atoms with Crippen molar-refractivity contribution in [2.75, 3.05) is 31.9 Å². The summed E-state index contributed by atoms with van der Waals surface area (Å²) in [7, 11) is 3.03. The summed E-state index contributed by atoms with van der Waals surface area (Å²) < 4.78 is 16.0. The zero-order valence-corrected chi connectivity index (χ0v) is 16.6. The van der Waals surface area contributed by atoms with E-state index >= 15 is 0 Å². The van der Waals surface area contributed by atoms with E-state index in [0.717, 1.165) is 4.88 Å². The summed E-state index contributed by atoms with van der Waals surface area (Å²) in [5.74, 6) is 0.993. The van der Waals surface area contributed by atoms with Gasteiger partial charge < -0.3 is 19.5 Å². The molecular weight excluding hydrogens is 398 g/mol. The van der Waals surface area contributed by atoms with Crippen molar-refractivity contribution < 1.29 is 23.8 Å². The van der Waals surface area contributed by atoms with Gasteiger partial charge in [-0.05, 0) is 24.3 Å². The number of methoxy groups -OCH3 is 2. The Morgan fingerprint density at radius 1 is 1.19 bits per heavy atom. The maximum Gasteiger partial charge on any atom is 0.316 e. The zero-order chi connectivity index (χ0) is 18.9. The molecule has 0 saturated carbocycles. The molecular formula is C17H18ClNO5S2. The number of hydrogen-bond acceptors (Lipinski definition) is 7. The monoisotopic (exact) mass is 415 g/mol. The van der Waals surface area contributed by atoms with Gasteiger partial charge in [0, 0.05) is 16.7 Å². The van der Waals surface area contributed by atoms with Crippen molar-refractivity contribution in [3.8, 4) is 11.5 Å². The number of carbonyl (C=O) groups excluding carboxylic acids is 2. The molecule has 0 saturated heterocycles. The molecule has 9 heteroatoms. The highest BCUT2D eigenvalue weighted by molar-refractivity contribution is 7.99. The lowest BCUT2D eigenvalue weighted by Crippen LogP contribution is -2.22. The van der Waals surface area contributed by atoms with E-state index in [9.17, 15) is 9.59 Å². The first-order valence-electron chi connectivity index (χ1n) is 7.51. The average Bonchev–Trinajstić information content (AvgIpc) is 3.05. The topological polar surface area (TPSA) is 73.9 Å². The van der Waals surface area contributed by atoms with Gasteiger partial charge in [-0.1, -0.05) is 11.6 Å². The van der Waals surface area contributed by atoms with Crippen molar-refractivity contribution in [3.05, 3.63) is 39.5 Å². The predicted molar refractivity (Wildman–Crippen MR) is 105 cm³/mol. The molecule has 0 atom stereocenters. The molecule has 0 aliphatic heterocycles. The molecule has 0 radical (unpaired) electrons. The number of thioether (sulfide) groups is 1. The zero-order valence-electron chi connectivity index (χ0n) is 14.2. The molecule has 1 N–H and O–H groups in total. The molecule has 26 heavy (non-hydrogen) atoms. The summed E-state index contributed by atoms with van der Waals surface area (Å²) in [4.78, 5) is 24.7. The van der Waals surface area contributed by atoms with Crippen molar-refractivity contribution in [2.24, 2.45) is 0 Å². The second kappa shape index (κ2) is 10.3. The highest BCUT2D eigenvalue weighted by atomic mass is 35.5. The van der Waals surface area contributed by atoms with Crippen LogP contribution in [0.5, 0.6) is 11.5 Å². The second-order valence-electron chi connectivity index (χ2n) is 4.97. The third-order valence-electron chi connectivity index (χ3n) is 3.14. The summed E-state index contributed by atoms with van der Waals surface area (Å²) in [6.45, 7) is -0.362. The van der Waals surface area contributed by atoms with Gasteiger partial charge in [-0.3, -0.25) is 9.59 Å². The van der Waals surface area contributed by atoms with Crippen molar-refractivity contribution in [2.45, 2.75) is 5.75 Å². The summed E-state index contributed by atoms with van der Waals surface area (Å²) >= 11 is 8.73. The van der Waals surface area contributed by atoms with E-state index in [-0.39, 0.29) is 12.4 Å². The minimum Gasteiger partial charge on any atom is -0.497 e. The van der Waals surface area contributed by atoms with E-state index in [1.165, 1.54) is 37.3 Å². The number of benzene rings is 1. The van der Waals surface area contributed by atoms with E-state index < -0.39 is 11.9 Å². The smallest absolute Gasteiger partial charge is 0.316 e. The molecule has 1 amide bonds. The van der Waals surface area contributed by atoms with Crippen molar-refractivity contribution in [1.82, 2.24) is 0 Å². The average molecular weight is 416 g/mol. The number of halogens is 1. The Labute approximate surface area is 164 Å². The van der Waals surface area contributed by atoms with Crippen LogP contribution in [-0.4, -0.2) is 38.5 Å². The molecule has 0 aliphatic carbocycles. The third-order valence-corrected chi connectivity index (χ3v) is 5.51. The molecule has 6 nitrogen and oxygen atoms in total. The quantitative estimate of drug-likeness (QED) is 0.627. The number of carbonyl (C=O) groups is 2. The van der Waals surface area contributed by atoms with Gasteiger partial charge in [0.1, 0.15) is 11.5 Å². The number of anilines is 1. The fraction of sp³-hybridized carbons (Fsp3) is 0.294. The Balaban J connectivity index is 1.73. The summed E-state index contributed by atoms with van der Waals surface area (Å²) in [5, 5.41) is 2.64. The molecule has 1 aromatic heterocycles. The minimum atomic E-state index is -0.450. The van der Waals surface area contributed by atoms with Gasteiger partial charge in [0.2, 0.25) is 0 Å². The lowest BCUT2D eigenvalue weighted by atomic mass is 10.2. The van der Waals surface area contributed by atoms with Crippen LogP contribution in [0.25, 0.3) is 0 Å². The first-order valence-corrected chi connectivity index (χ1v) is 9.86. The predicted octanol–water partition coefficient (Wildman–Crippen LogP) is 3.83. The van der Waals surface area contributed by atoms with Gasteiger partial charge in [-0.2, -0.15) is 0 Å². The maximum absolute atomic E-state index is 11.9. The number of nitrogens with one attached hydrogen (secondary N) is 1. The van der Waals surface area contributed by atoms with Crippen LogP contribution in [0.15, 0.2) is 30.3 Å². The molecule has 2 rings (SSSR count). The van der Waals surface area contributed by atoms with Gasteiger partial charge in [0.25, 0.3) is 5.91 Å². The molecule has 2 aromatic rings. The summed E-state index contributed by atoms with van der Waals surface area (Å²) in [6, 6.07) is 8.73. The molecule has 0 spiro atoms. The number of rotatable bonds is 9. The van der Waals surface area contributed by atoms with E-state index in [1.54, 1.807) is 18.2 Å². The van der Waals surface area contributed by atoms with Crippen LogP contribution < -0.4 is 14.8 Å². The highest BCUT2D eigenvalue weighted by Gasteiger charge is 2.12. The fourth-order valence-electron chi connectivity index (χ4n) is 1.94. The van der Waals surface area contributed by atoms with Gasteiger partial charge in [-0.25, -0.2) is 0 Å². The van der Waals surface area contributed by atoms with Gasteiger partial charge in [0.15, 0.2) is 6.61 Å². The maximum atomic E-state index is 11.9. The molecule has 140 valence electrons. The highest BCUT2D eigenvalue weighted by Crippen LogP contribution is 2.29. The number of thiophene rings is 1. The Kier molecular flexibility index (Phi) is 8.08. The van der Waals surface area contributed by atoms with E-state index in [4.69, 9.17) is 25.8 Å². The van der Waals surface area contributed by atoms with E-state index in [1.807, 2.05) is 12.1 Å². The molecule has 1 aromatic carbocycles. The van der Waals surface area contributed by atoms with Crippen LogP contribution in [0.3, 0.4) is 0 Å². The molecule has 0 unspecified atom stereocenters. The lowest BCUT2D eigenvalue weighted by molar-refractivity contribution is -0.144. The van der Waals surface area contributed by atoms with Gasteiger partial charge >= 0.3 is 5.97 Å². The number of hydrogen-bond donors (Lipinski definition) is 1. The van der Waals surface area contributed by atoms with Crippen LogP contribution in [-0.2, 0) is 20.1 Å². The molecule has 0 fully saturated rings. The van der Waals surface area contributed by atoms with Crippen LogP contribution >= 0.6 is 34.7 Å². The van der Waals surface area contributed by atoms with Gasteiger partial charge in [0.05, 0.1) is 30.0 Å². The Morgan fingerprint density at radius 3 is 2.65 bits per heavy atom. The normalized spacial score (nSPS) is 10.3. The summed E-state index contributed by atoms with van der Waals surface area (Å²) in [6.07, 6.45) is 0. The second-order valence-corrected chi connectivity index (χ2v) is 7.76. The Morgan fingerprint density at radius 2 is 2.00 bits per heavy atom. The van der Waals surface area contributed by atoms with Crippen molar-refractivity contribution in [3.63, 3.8) is 0 Å². The summed E-state index contributed by atoms with van der Waals surface area (Å²) in [5.41, 5.74) is 0.471.